The molecule has 0 fully saturated rings. The van der Waals surface area contributed by atoms with Gasteiger partial charge in [-0.2, -0.15) is 8.42 Å². The average molecular weight is 517 g/mol. The largest absolute Gasteiger partial charge is 0.295 e. The Balaban J connectivity index is 1.97. The Kier molecular flexibility index (Phi) is 15.4. The van der Waals surface area contributed by atoms with E-state index >= 15 is 0 Å². The van der Waals surface area contributed by atoms with Crippen molar-refractivity contribution in [1.29, 1.82) is 0 Å². The molecular weight excluding hydrogens is 464 g/mol. The second kappa shape index (κ2) is 18.0. The molecule has 0 saturated heterocycles. The summed E-state index contributed by atoms with van der Waals surface area (Å²) in [6.07, 6.45) is 24.4. The van der Waals surface area contributed by atoms with Crippen LogP contribution in [0.3, 0.4) is 0 Å². The summed E-state index contributed by atoms with van der Waals surface area (Å²) in [5, 5.41) is 1.65. The Hall–Kier alpha value is -1.39. The number of aryl methyl sites for hydroxylation is 2. The molecule has 0 spiro atoms. The van der Waals surface area contributed by atoms with Gasteiger partial charge in [-0.1, -0.05) is 147 Å². The normalized spacial score (nSPS) is 12.0. The molecule has 1 N–H and O–H groups in total. The molecule has 0 aromatic heterocycles. The van der Waals surface area contributed by atoms with Gasteiger partial charge >= 0.3 is 0 Å². The summed E-state index contributed by atoms with van der Waals surface area (Å²) in [5.74, 6) is 0. The number of unbranched alkanes of at least 4 members (excludes halogenated alkanes) is 16. The summed E-state index contributed by atoms with van der Waals surface area (Å²) >= 11 is 0. The fourth-order valence-corrected chi connectivity index (χ4v) is 6.39. The van der Waals surface area contributed by atoms with E-state index in [4.69, 9.17) is 0 Å². The van der Waals surface area contributed by atoms with Gasteiger partial charge in [0, 0.05) is 5.39 Å². The van der Waals surface area contributed by atoms with Crippen LogP contribution in [-0.4, -0.2) is 13.0 Å². The average Bonchev–Trinajstić information content (AvgIpc) is 2.85. The highest BCUT2D eigenvalue weighted by Crippen LogP contribution is 2.32. The summed E-state index contributed by atoms with van der Waals surface area (Å²) in [5.41, 5.74) is 2.02. The molecule has 0 bridgehead atoms. The SMILES string of the molecule is CCCCCCCCCCCc1cc(CCCCCCCCCCC)c2ccccc2c1S(=O)(=O)O. The third-order valence-corrected chi connectivity index (χ3v) is 8.51. The van der Waals surface area contributed by atoms with Crippen molar-refractivity contribution in [2.45, 2.75) is 147 Å². The first-order valence-corrected chi connectivity index (χ1v) is 16.4. The van der Waals surface area contributed by atoms with Crippen LogP contribution in [0, 0.1) is 0 Å². The fourth-order valence-electron chi connectivity index (χ4n) is 5.44. The van der Waals surface area contributed by atoms with E-state index in [0.29, 0.717) is 11.8 Å². The van der Waals surface area contributed by atoms with Gasteiger partial charge in [0.15, 0.2) is 0 Å². The van der Waals surface area contributed by atoms with E-state index in [-0.39, 0.29) is 4.90 Å². The molecule has 0 amide bonds. The molecule has 0 saturated carbocycles. The van der Waals surface area contributed by atoms with Crippen LogP contribution >= 0.6 is 0 Å². The van der Waals surface area contributed by atoms with Crippen LogP contribution in [0.25, 0.3) is 10.8 Å². The Morgan fingerprint density at radius 2 is 0.944 bits per heavy atom. The van der Waals surface area contributed by atoms with Gasteiger partial charge in [-0.25, -0.2) is 0 Å². The van der Waals surface area contributed by atoms with Crippen LogP contribution in [0.15, 0.2) is 35.2 Å². The molecule has 2 aromatic carbocycles. The first-order valence-electron chi connectivity index (χ1n) is 15.0. The van der Waals surface area contributed by atoms with Gasteiger partial charge in [0.05, 0.1) is 0 Å². The zero-order chi connectivity index (χ0) is 26.1. The minimum atomic E-state index is -4.28. The number of rotatable bonds is 21. The molecule has 0 unspecified atom stereocenters. The van der Waals surface area contributed by atoms with E-state index in [0.717, 1.165) is 36.6 Å². The zero-order valence-corrected chi connectivity index (χ0v) is 24.0. The van der Waals surface area contributed by atoms with Crippen LogP contribution < -0.4 is 0 Å². The molecule has 0 aliphatic heterocycles. The second-order valence-electron chi connectivity index (χ2n) is 10.7. The maximum Gasteiger partial charge on any atom is 0.295 e. The first-order chi connectivity index (χ1) is 17.5. The minimum absolute atomic E-state index is 0.133. The van der Waals surface area contributed by atoms with Crippen LogP contribution in [0.1, 0.15) is 141 Å². The Bertz CT molecular complexity index is 965. The predicted molar refractivity (Wildman–Crippen MR) is 156 cm³/mol. The molecule has 0 aliphatic carbocycles. The van der Waals surface area contributed by atoms with Crippen LogP contribution in [0.4, 0.5) is 0 Å². The predicted octanol–water partition coefficient (Wildman–Crippen LogP) is 10.2. The molecule has 2 aromatic rings. The van der Waals surface area contributed by atoms with E-state index in [2.05, 4.69) is 19.9 Å². The van der Waals surface area contributed by atoms with Crippen molar-refractivity contribution in [3.05, 3.63) is 41.5 Å². The van der Waals surface area contributed by atoms with Gasteiger partial charge in [-0.05, 0) is 42.2 Å². The molecule has 0 radical (unpaired) electrons. The topological polar surface area (TPSA) is 54.4 Å². The Labute approximate surface area is 222 Å². The van der Waals surface area contributed by atoms with Crippen molar-refractivity contribution in [1.82, 2.24) is 0 Å². The van der Waals surface area contributed by atoms with Gasteiger partial charge in [0.1, 0.15) is 4.90 Å². The first kappa shape index (κ1) is 30.8. The summed E-state index contributed by atoms with van der Waals surface area (Å²) in [6.45, 7) is 4.50. The molecule has 2 rings (SSSR count). The molecular formula is C32H52O3S. The van der Waals surface area contributed by atoms with Crippen LogP contribution in [0.2, 0.25) is 0 Å². The highest BCUT2D eigenvalue weighted by molar-refractivity contribution is 7.86. The summed E-state index contributed by atoms with van der Waals surface area (Å²) in [6, 6.07) is 9.80. The fraction of sp³-hybridized carbons (Fsp3) is 0.688. The smallest absolute Gasteiger partial charge is 0.282 e. The van der Waals surface area contributed by atoms with Gasteiger partial charge in [0.25, 0.3) is 10.1 Å². The maximum atomic E-state index is 12.4. The van der Waals surface area contributed by atoms with E-state index in [9.17, 15) is 13.0 Å². The number of benzene rings is 2. The Morgan fingerprint density at radius 1 is 0.556 bits per heavy atom. The minimum Gasteiger partial charge on any atom is -0.282 e. The Morgan fingerprint density at radius 3 is 1.39 bits per heavy atom. The quantitative estimate of drug-likeness (QED) is 0.133. The third kappa shape index (κ3) is 11.3. The highest BCUT2D eigenvalue weighted by Gasteiger charge is 2.21. The molecule has 0 aliphatic rings. The van der Waals surface area contributed by atoms with E-state index < -0.39 is 10.1 Å². The van der Waals surface area contributed by atoms with Crippen molar-refractivity contribution in [3.8, 4) is 0 Å². The molecule has 3 nitrogen and oxygen atoms in total. The van der Waals surface area contributed by atoms with Crippen LogP contribution in [-0.2, 0) is 23.0 Å². The van der Waals surface area contributed by atoms with Crippen molar-refractivity contribution in [2.75, 3.05) is 0 Å². The molecule has 0 atom stereocenters. The number of fused-ring (bicyclic) bond motifs is 1. The summed E-state index contributed by atoms with van der Waals surface area (Å²) < 4.78 is 35.0. The van der Waals surface area contributed by atoms with Crippen molar-refractivity contribution >= 4 is 20.9 Å². The third-order valence-electron chi connectivity index (χ3n) is 7.52. The maximum absolute atomic E-state index is 12.4. The summed E-state index contributed by atoms with van der Waals surface area (Å²) in [7, 11) is -4.28. The number of hydrogen-bond donors (Lipinski definition) is 1. The standard InChI is InChI=1S/C32H52O3S/c1-3-5-7-9-11-13-15-17-19-23-28-27-29(24-20-18-16-14-12-10-8-6-4-2)32(36(33,34)35)31-26-22-21-25-30(28)31/h21-22,25-27H,3-20,23-24H2,1-2H3,(H,33,34,35). The lowest BCUT2D eigenvalue weighted by atomic mass is 9.94. The van der Waals surface area contributed by atoms with E-state index in [1.165, 1.54) is 102 Å². The van der Waals surface area contributed by atoms with E-state index in [1.54, 1.807) is 0 Å². The second-order valence-corrected chi connectivity index (χ2v) is 12.1. The molecule has 0 heterocycles. The lowest BCUT2D eigenvalue weighted by Crippen LogP contribution is -2.06. The van der Waals surface area contributed by atoms with Gasteiger partial charge < -0.3 is 0 Å². The van der Waals surface area contributed by atoms with Crippen LogP contribution in [0.5, 0.6) is 0 Å². The summed E-state index contributed by atoms with van der Waals surface area (Å²) in [4.78, 5) is 0.133. The van der Waals surface area contributed by atoms with Gasteiger partial charge in [-0.15, -0.1) is 0 Å². The van der Waals surface area contributed by atoms with Crippen molar-refractivity contribution in [2.24, 2.45) is 0 Å². The lowest BCUT2D eigenvalue weighted by molar-refractivity contribution is 0.482. The van der Waals surface area contributed by atoms with Gasteiger partial charge in [-0.3, -0.25) is 4.55 Å². The van der Waals surface area contributed by atoms with Crippen molar-refractivity contribution < 1.29 is 13.0 Å². The lowest BCUT2D eigenvalue weighted by Gasteiger charge is -2.15. The zero-order valence-electron chi connectivity index (χ0n) is 23.2. The van der Waals surface area contributed by atoms with Crippen molar-refractivity contribution in [3.63, 3.8) is 0 Å². The monoisotopic (exact) mass is 516 g/mol. The molecule has 4 heteroatoms. The molecule has 204 valence electrons. The number of hydrogen-bond acceptors (Lipinski definition) is 2. The van der Waals surface area contributed by atoms with Gasteiger partial charge in [0.2, 0.25) is 0 Å². The highest BCUT2D eigenvalue weighted by atomic mass is 32.2. The molecule has 36 heavy (non-hydrogen) atoms. The van der Waals surface area contributed by atoms with E-state index in [1.807, 2.05) is 24.3 Å².